The smallest absolute Gasteiger partial charge is 0.270 e. The van der Waals surface area contributed by atoms with Gasteiger partial charge in [0.2, 0.25) is 0 Å². The second kappa shape index (κ2) is 6.17. The van der Waals surface area contributed by atoms with E-state index in [4.69, 9.17) is 12.2 Å². The molecule has 0 spiro atoms. The Kier molecular flexibility index (Phi) is 3.98. The molecule has 4 rings (SSSR count). The summed E-state index contributed by atoms with van der Waals surface area (Å²) in [6.07, 6.45) is 1.97. The lowest BCUT2D eigenvalue weighted by atomic mass is 10.1. The first-order valence-electron chi connectivity index (χ1n) is 7.95. The molecule has 0 unspecified atom stereocenters. The van der Waals surface area contributed by atoms with Gasteiger partial charge >= 0.3 is 0 Å². The Hall–Kier alpha value is -2.37. The number of rotatable bonds is 2. The van der Waals surface area contributed by atoms with Crippen molar-refractivity contribution in [1.82, 2.24) is 4.57 Å². The molecule has 0 atom stereocenters. The lowest BCUT2D eigenvalue weighted by molar-refractivity contribution is -0.113. The Labute approximate surface area is 155 Å². The predicted molar refractivity (Wildman–Crippen MR) is 110 cm³/mol. The van der Waals surface area contributed by atoms with Gasteiger partial charge in [0.25, 0.3) is 5.91 Å². The fraction of sp³-hybridized carbons (Fsp3) is 0.100. The Morgan fingerprint density at radius 3 is 2.48 bits per heavy atom. The number of para-hydroxylation sites is 2. The van der Waals surface area contributed by atoms with Crippen LogP contribution in [0.4, 0.5) is 5.69 Å². The van der Waals surface area contributed by atoms with Crippen molar-refractivity contribution < 1.29 is 4.79 Å². The summed E-state index contributed by atoms with van der Waals surface area (Å²) in [5.74, 6) is -0.0615. The Morgan fingerprint density at radius 2 is 1.72 bits per heavy atom. The lowest BCUT2D eigenvalue weighted by Crippen LogP contribution is -2.27. The molecular weight excluding hydrogens is 348 g/mol. The van der Waals surface area contributed by atoms with Gasteiger partial charge in [-0.05, 0) is 31.2 Å². The Bertz CT molecular complexity index is 1030. The summed E-state index contributed by atoms with van der Waals surface area (Å²) in [6.45, 7) is 2.07. The second-order valence-electron chi connectivity index (χ2n) is 5.93. The van der Waals surface area contributed by atoms with Crippen molar-refractivity contribution in [1.29, 1.82) is 0 Å². The molecule has 2 aromatic carbocycles. The average molecular weight is 364 g/mol. The van der Waals surface area contributed by atoms with Crippen molar-refractivity contribution >= 4 is 56.9 Å². The van der Waals surface area contributed by atoms with Crippen LogP contribution in [0.3, 0.4) is 0 Å². The number of aryl methyl sites for hydroxylation is 1. The van der Waals surface area contributed by atoms with Crippen LogP contribution >= 0.6 is 24.0 Å². The minimum atomic E-state index is -0.0615. The molecule has 0 aliphatic carbocycles. The summed E-state index contributed by atoms with van der Waals surface area (Å²) in [5.41, 5.74) is 4.17. The van der Waals surface area contributed by atoms with Gasteiger partial charge < -0.3 is 4.57 Å². The Balaban J connectivity index is 1.80. The number of nitrogens with zero attached hydrogens (tertiary/aromatic N) is 2. The molecule has 0 saturated carbocycles. The van der Waals surface area contributed by atoms with E-state index < -0.39 is 0 Å². The van der Waals surface area contributed by atoms with E-state index in [2.05, 4.69) is 23.6 Å². The first-order valence-corrected chi connectivity index (χ1v) is 9.17. The number of amides is 1. The minimum absolute atomic E-state index is 0.0615. The van der Waals surface area contributed by atoms with E-state index >= 15 is 0 Å². The quantitative estimate of drug-likeness (QED) is 0.478. The molecule has 1 aliphatic rings. The van der Waals surface area contributed by atoms with Gasteiger partial charge in [-0.1, -0.05) is 60.4 Å². The highest BCUT2D eigenvalue weighted by Gasteiger charge is 2.33. The highest BCUT2D eigenvalue weighted by atomic mass is 32.2. The summed E-state index contributed by atoms with van der Waals surface area (Å²) in [7, 11) is 2.05. The Morgan fingerprint density at radius 1 is 1.04 bits per heavy atom. The minimum Gasteiger partial charge on any atom is -0.347 e. The van der Waals surface area contributed by atoms with Crippen LogP contribution in [0.1, 0.15) is 11.3 Å². The van der Waals surface area contributed by atoms with Crippen molar-refractivity contribution in [3.8, 4) is 0 Å². The monoisotopic (exact) mass is 364 g/mol. The van der Waals surface area contributed by atoms with Crippen molar-refractivity contribution in [2.45, 2.75) is 6.92 Å². The molecule has 3 nitrogen and oxygen atoms in total. The van der Waals surface area contributed by atoms with Gasteiger partial charge in [-0.25, -0.2) is 0 Å². The normalized spacial score (nSPS) is 16.4. The van der Waals surface area contributed by atoms with E-state index in [1.807, 2.05) is 55.6 Å². The van der Waals surface area contributed by atoms with Gasteiger partial charge in [0.15, 0.2) is 4.32 Å². The molecule has 1 aromatic heterocycles. The van der Waals surface area contributed by atoms with Crippen LogP contribution in [0.2, 0.25) is 0 Å². The van der Waals surface area contributed by atoms with Crippen molar-refractivity contribution in [2.24, 2.45) is 7.05 Å². The zero-order chi connectivity index (χ0) is 17.6. The van der Waals surface area contributed by atoms with Crippen LogP contribution in [-0.2, 0) is 11.8 Å². The maximum absolute atomic E-state index is 12.9. The average Bonchev–Trinajstić information content (AvgIpc) is 3.04. The fourth-order valence-corrected chi connectivity index (χ4v) is 4.41. The van der Waals surface area contributed by atoms with Gasteiger partial charge in [0.1, 0.15) is 0 Å². The number of hydrogen-bond acceptors (Lipinski definition) is 3. The molecule has 25 heavy (non-hydrogen) atoms. The molecule has 124 valence electrons. The van der Waals surface area contributed by atoms with Crippen molar-refractivity contribution in [2.75, 3.05) is 4.90 Å². The van der Waals surface area contributed by atoms with Gasteiger partial charge in [-0.3, -0.25) is 9.69 Å². The highest BCUT2D eigenvalue weighted by Crippen LogP contribution is 2.37. The summed E-state index contributed by atoms with van der Waals surface area (Å²) >= 11 is 6.81. The SMILES string of the molecule is Cc1c(C=C2SC(=S)N(c3ccccc3)C2=O)c2ccccc2n1C. The van der Waals surface area contributed by atoms with Crippen LogP contribution in [0.25, 0.3) is 17.0 Å². The van der Waals surface area contributed by atoms with Gasteiger partial charge in [0.05, 0.1) is 10.6 Å². The third-order valence-electron chi connectivity index (χ3n) is 4.53. The number of fused-ring (bicyclic) bond motifs is 1. The topological polar surface area (TPSA) is 25.2 Å². The number of thiocarbonyl (C=S) groups is 1. The maximum atomic E-state index is 12.9. The molecule has 1 aliphatic heterocycles. The standard InChI is InChI=1S/C20H16N2OS2/c1-13-16(15-10-6-7-11-17(15)21(13)2)12-18-19(23)22(20(24)25-18)14-8-4-3-5-9-14/h3-12H,1-2H3. The second-order valence-corrected chi connectivity index (χ2v) is 7.60. The van der Waals surface area contributed by atoms with Crippen molar-refractivity contribution in [3.63, 3.8) is 0 Å². The number of anilines is 1. The fourth-order valence-electron chi connectivity index (χ4n) is 3.13. The number of carbonyl (C=O) groups excluding carboxylic acids is 1. The molecule has 1 amide bonds. The number of hydrogen-bond donors (Lipinski definition) is 0. The van der Waals surface area contributed by atoms with Crippen LogP contribution < -0.4 is 4.90 Å². The summed E-state index contributed by atoms with van der Waals surface area (Å²) in [6, 6.07) is 17.8. The number of benzene rings is 2. The highest BCUT2D eigenvalue weighted by molar-refractivity contribution is 8.27. The molecule has 3 aromatic rings. The molecule has 0 N–H and O–H groups in total. The molecule has 5 heteroatoms. The largest absolute Gasteiger partial charge is 0.347 e. The van der Waals surface area contributed by atoms with Gasteiger partial charge in [-0.15, -0.1) is 0 Å². The lowest BCUT2D eigenvalue weighted by Gasteiger charge is -2.13. The number of thioether (sulfide) groups is 1. The summed E-state index contributed by atoms with van der Waals surface area (Å²) < 4.78 is 2.72. The van der Waals surface area contributed by atoms with E-state index in [1.54, 1.807) is 4.90 Å². The third-order valence-corrected chi connectivity index (χ3v) is 5.83. The number of aromatic nitrogens is 1. The van der Waals surface area contributed by atoms with Crippen LogP contribution in [0.5, 0.6) is 0 Å². The van der Waals surface area contributed by atoms with Crippen LogP contribution in [0.15, 0.2) is 59.5 Å². The van der Waals surface area contributed by atoms with E-state index in [0.29, 0.717) is 9.23 Å². The molecule has 1 fully saturated rings. The molecule has 1 saturated heterocycles. The van der Waals surface area contributed by atoms with E-state index in [9.17, 15) is 4.79 Å². The summed E-state index contributed by atoms with van der Waals surface area (Å²) in [5, 5.41) is 1.15. The van der Waals surface area contributed by atoms with E-state index in [-0.39, 0.29) is 5.91 Å². The van der Waals surface area contributed by atoms with Gasteiger partial charge in [0, 0.05) is 29.2 Å². The zero-order valence-corrected chi connectivity index (χ0v) is 15.5. The molecule has 2 heterocycles. The van der Waals surface area contributed by atoms with Crippen molar-refractivity contribution in [3.05, 3.63) is 70.8 Å². The van der Waals surface area contributed by atoms with Crippen LogP contribution in [-0.4, -0.2) is 14.8 Å². The first-order chi connectivity index (χ1) is 12.1. The van der Waals surface area contributed by atoms with Crippen LogP contribution in [0, 0.1) is 6.92 Å². The molecular formula is C20H16N2OS2. The molecule has 0 bridgehead atoms. The van der Waals surface area contributed by atoms with Gasteiger partial charge in [-0.2, -0.15) is 0 Å². The predicted octanol–water partition coefficient (Wildman–Crippen LogP) is 4.89. The number of carbonyl (C=O) groups is 1. The first kappa shape index (κ1) is 16.1. The summed E-state index contributed by atoms with van der Waals surface area (Å²) in [4.78, 5) is 15.2. The zero-order valence-electron chi connectivity index (χ0n) is 13.9. The van der Waals surface area contributed by atoms with E-state index in [0.717, 1.165) is 27.8 Å². The molecule has 0 radical (unpaired) electrons. The van der Waals surface area contributed by atoms with E-state index in [1.165, 1.54) is 11.8 Å². The third kappa shape index (κ3) is 2.60. The maximum Gasteiger partial charge on any atom is 0.270 e.